The van der Waals surface area contributed by atoms with Gasteiger partial charge in [0.2, 0.25) is 0 Å². The zero-order valence-electron chi connectivity index (χ0n) is 9.09. The quantitative estimate of drug-likeness (QED) is 0.811. The predicted octanol–water partition coefficient (Wildman–Crippen LogP) is 1.57. The van der Waals surface area contributed by atoms with Gasteiger partial charge in [-0.2, -0.15) is 0 Å². The SMILES string of the molecule is O=c1[nH]c(=S)cc(-c2ccccc2)n1CCO. The average Bonchev–Trinajstić information content (AvgIpc) is 2.33. The third kappa shape index (κ3) is 2.51. The van der Waals surface area contributed by atoms with E-state index >= 15 is 0 Å². The largest absolute Gasteiger partial charge is 0.395 e. The van der Waals surface area contributed by atoms with Crippen molar-refractivity contribution < 1.29 is 5.11 Å². The zero-order valence-corrected chi connectivity index (χ0v) is 9.91. The molecular weight excluding hydrogens is 236 g/mol. The molecule has 0 aliphatic carbocycles. The second-order valence-electron chi connectivity index (χ2n) is 3.57. The molecule has 2 N–H and O–H groups in total. The highest BCUT2D eigenvalue weighted by Gasteiger charge is 2.06. The zero-order chi connectivity index (χ0) is 12.3. The van der Waals surface area contributed by atoms with E-state index in [0.29, 0.717) is 10.3 Å². The van der Waals surface area contributed by atoms with Gasteiger partial charge in [0.25, 0.3) is 0 Å². The first-order chi connectivity index (χ1) is 8.22. The van der Waals surface area contributed by atoms with Gasteiger partial charge >= 0.3 is 5.69 Å². The third-order valence-electron chi connectivity index (χ3n) is 2.43. The maximum Gasteiger partial charge on any atom is 0.327 e. The second kappa shape index (κ2) is 5.07. The van der Waals surface area contributed by atoms with Gasteiger partial charge in [-0.1, -0.05) is 42.5 Å². The molecule has 0 aliphatic heterocycles. The lowest BCUT2D eigenvalue weighted by molar-refractivity contribution is 0.274. The van der Waals surface area contributed by atoms with E-state index in [-0.39, 0.29) is 18.8 Å². The van der Waals surface area contributed by atoms with E-state index in [9.17, 15) is 4.79 Å². The van der Waals surface area contributed by atoms with Crippen LogP contribution in [-0.2, 0) is 6.54 Å². The molecule has 17 heavy (non-hydrogen) atoms. The van der Waals surface area contributed by atoms with Crippen molar-refractivity contribution in [1.82, 2.24) is 9.55 Å². The molecule has 88 valence electrons. The van der Waals surface area contributed by atoms with Gasteiger partial charge in [0.05, 0.1) is 18.8 Å². The molecule has 1 aromatic heterocycles. The second-order valence-corrected chi connectivity index (χ2v) is 4.01. The summed E-state index contributed by atoms with van der Waals surface area (Å²) in [7, 11) is 0. The topological polar surface area (TPSA) is 58.0 Å². The van der Waals surface area contributed by atoms with Crippen LogP contribution < -0.4 is 5.69 Å². The molecule has 0 aliphatic rings. The van der Waals surface area contributed by atoms with Crippen molar-refractivity contribution in [3.63, 3.8) is 0 Å². The maximum absolute atomic E-state index is 11.8. The molecule has 0 saturated heterocycles. The van der Waals surface area contributed by atoms with Crippen LogP contribution in [0, 0.1) is 4.64 Å². The standard InChI is InChI=1S/C12H12N2O2S/c15-7-6-14-10(8-11(17)13-12(14)16)9-4-2-1-3-5-9/h1-5,8,15H,6-7H2,(H,13,16,17). The Bertz CT molecular complexity index is 616. The molecule has 1 aromatic carbocycles. The van der Waals surface area contributed by atoms with Gasteiger partial charge in [-0.25, -0.2) is 4.79 Å². The van der Waals surface area contributed by atoms with Crippen LogP contribution in [-0.4, -0.2) is 21.3 Å². The summed E-state index contributed by atoms with van der Waals surface area (Å²) < 4.78 is 1.87. The fraction of sp³-hybridized carbons (Fsp3) is 0.167. The molecule has 0 radical (unpaired) electrons. The lowest BCUT2D eigenvalue weighted by Gasteiger charge is -2.11. The monoisotopic (exact) mass is 248 g/mol. The Labute approximate surface area is 103 Å². The fourth-order valence-corrected chi connectivity index (χ4v) is 1.89. The van der Waals surface area contributed by atoms with E-state index in [0.717, 1.165) is 5.56 Å². The van der Waals surface area contributed by atoms with Crippen LogP contribution in [0.25, 0.3) is 11.3 Å². The lowest BCUT2D eigenvalue weighted by Crippen LogP contribution is -2.25. The molecule has 0 spiro atoms. The van der Waals surface area contributed by atoms with E-state index in [2.05, 4.69) is 4.98 Å². The molecule has 1 heterocycles. The van der Waals surface area contributed by atoms with Crippen molar-refractivity contribution in [2.24, 2.45) is 0 Å². The number of hydrogen-bond acceptors (Lipinski definition) is 3. The smallest absolute Gasteiger partial charge is 0.327 e. The minimum absolute atomic E-state index is 0.0929. The Hall–Kier alpha value is -1.72. The van der Waals surface area contributed by atoms with E-state index in [1.807, 2.05) is 30.3 Å². The number of rotatable bonds is 3. The Morgan fingerprint density at radius 2 is 2.00 bits per heavy atom. The third-order valence-corrected chi connectivity index (χ3v) is 2.65. The summed E-state index contributed by atoms with van der Waals surface area (Å²) >= 11 is 5.00. The molecule has 2 aromatic rings. The molecule has 5 heteroatoms. The Morgan fingerprint density at radius 3 is 2.65 bits per heavy atom. The highest BCUT2D eigenvalue weighted by atomic mass is 32.1. The number of aromatic nitrogens is 2. The van der Waals surface area contributed by atoms with E-state index in [1.165, 1.54) is 4.57 Å². The molecule has 0 amide bonds. The molecule has 0 atom stereocenters. The number of aliphatic hydroxyl groups excluding tert-OH is 1. The summed E-state index contributed by atoms with van der Waals surface area (Å²) in [6, 6.07) is 11.2. The summed E-state index contributed by atoms with van der Waals surface area (Å²) in [5.41, 5.74) is 1.32. The Morgan fingerprint density at radius 1 is 1.29 bits per heavy atom. The summed E-state index contributed by atoms with van der Waals surface area (Å²) in [5, 5.41) is 8.99. The number of nitrogens with zero attached hydrogens (tertiary/aromatic N) is 1. The normalized spacial score (nSPS) is 10.4. The number of benzene rings is 1. The van der Waals surface area contributed by atoms with Gasteiger partial charge in [0.1, 0.15) is 4.64 Å². The molecule has 4 nitrogen and oxygen atoms in total. The van der Waals surface area contributed by atoms with Crippen LogP contribution >= 0.6 is 12.2 Å². The van der Waals surface area contributed by atoms with Gasteiger partial charge in [0, 0.05) is 0 Å². The van der Waals surface area contributed by atoms with Gasteiger partial charge in [-0.15, -0.1) is 0 Å². The van der Waals surface area contributed by atoms with Crippen molar-refractivity contribution in [3.05, 3.63) is 51.5 Å². The summed E-state index contributed by atoms with van der Waals surface area (Å²) in [4.78, 5) is 14.3. The van der Waals surface area contributed by atoms with Crippen LogP contribution in [0.2, 0.25) is 0 Å². The first-order valence-corrected chi connectivity index (χ1v) is 5.63. The molecule has 0 fully saturated rings. The van der Waals surface area contributed by atoms with Crippen LogP contribution in [0.4, 0.5) is 0 Å². The highest BCUT2D eigenvalue weighted by Crippen LogP contribution is 2.16. The number of H-pyrrole nitrogens is 1. The van der Waals surface area contributed by atoms with Gasteiger partial charge in [-0.3, -0.25) is 9.55 Å². The Kier molecular flexibility index (Phi) is 3.51. The Balaban J connectivity index is 2.67. The van der Waals surface area contributed by atoms with Crippen LogP contribution in [0.1, 0.15) is 0 Å². The van der Waals surface area contributed by atoms with Gasteiger partial charge in [0.15, 0.2) is 0 Å². The lowest BCUT2D eigenvalue weighted by atomic mass is 10.1. The first kappa shape index (κ1) is 11.8. The van der Waals surface area contributed by atoms with Crippen molar-refractivity contribution in [2.45, 2.75) is 6.54 Å². The van der Waals surface area contributed by atoms with E-state index < -0.39 is 0 Å². The minimum Gasteiger partial charge on any atom is -0.395 e. The fourth-order valence-electron chi connectivity index (χ4n) is 1.69. The molecule has 2 rings (SSSR count). The van der Waals surface area contributed by atoms with E-state index in [1.54, 1.807) is 6.07 Å². The van der Waals surface area contributed by atoms with Crippen LogP contribution in [0.3, 0.4) is 0 Å². The molecule has 0 bridgehead atoms. The van der Waals surface area contributed by atoms with E-state index in [4.69, 9.17) is 17.3 Å². The summed E-state index contributed by atoms with van der Waals surface area (Å²) in [6.45, 7) is 0.152. The first-order valence-electron chi connectivity index (χ1n) is 5.23. The molecular formula is C12H12N2O2S. The number of aromatic amines is 1. The van der Waals surface area contributed by atoms with Crippen molar-refractivity contribution in [2.75, 3.05) is 6.61 Å². The van der Waals surface area contributed by atoms with Crippen molar-refractivity contribution in [3.8, 4) is 11.3 Å². The molecule has 0 saturated carbocycles. The summed E-state index contributed by atoms with van der Waals surface area (Å²) in [6.07, 6.45) is 0. The number of hydrogen-bond donors (Lipinski definition) is 2. The van der Waals surface area contributed by atoms with Crippen LogP contribution in [0.15, 0.2) is 41.2 Å². The minimum atomic E-state index is -0.301. The molecule has 0 unspecified atom stereocenters. The highest BCUT2D eigenvalue weighted by molar-refractivity contribution is 7.71. The predicted molar refractivity (Wildman–Crippen MR) is 68.4 cm³/mol. The number of nitrogens with one attached hydrogen (secondary N) is 1. The summed E-state index contributed by atoms with van der Waals surface area (Å²) in [5.74, 6) is 0. The number of aliphatic hydroxyl groups is 1. The maximum atomic E-state index is 11.8. The van der Waals surface area contributed by atoms with Crippen molar-refractivity contribution >= 4 is 12.2 Å². The van der Waals surface area contributed by atoms with Crippen LogP contribution in [0.5, 0.6) is 0 Å². The van der Waals surface area contributed by atoms with Gasteiger partial charge in [-0.05, 0) is 11.6 Å². The average molecular weight is 248 g/mol. The van der Waals surface area contributed by atoms with Gasteiger partial charge < -0.3 is 5.11 Å². The van der Waals surface area contributed by atoms with Crippen molar-refractivity contribution in [1.29, 1.82) is 0 Å².